The fourth-order valence-corrected chi connectivity index (χ4v) is 4.30. The third-order valence-corrected chi connectivity index (χ3v) is 5.62. The Labute approximate surface area is 173 Å². The number of amides is 1. The Kier molecular flexibility index (Phi) is 6.67. The number of nitrogens with zero attached hydrogens (tertiary/aromatic N) is 5. The van der Waals surface area contributed by atoms with Crippen LogP contribution in [0.5, 0.6) is 0 Å². The molecule has 1 saturated heterocycles. The summed E-state index contributed by atoms with van der Waals surface area (Å²) in [7, 11) is 0. The Morgan fingerprint density at radius 3 is 2.59 bits per heavy atom. The Bertz CT molecular complexity index is 854. The van der Waals surface area contributed by atoms with Crippen LogP contribution >= 0.6 is 0 Å². The predicted molar refractivity (Wildman–Crippen MR) is 114 cm³/mol. The van der Waals surface area contributed by atoms with Crippen molar-refractivity contribution in [3.05, 3.63) is 34.4 Å². The van der Waals surface area contributed by atoms with E-state index in [-0.39, 0.29) is 11.9 Å². The number of hydrogen-bond donors (Lipinski definition) is 1. The average Bonchev–Trinajstić information content (AvgIpc) is 2.89. The first-order chi connectivity index (χ1) is 13.7. The third kappa shape index (κ3) is 5.41. The van der Waals surface area contributed by atoms with E-state index in [2.05, 4.69) is 39.1 Å². The van der Waals surface area contributed by atoms with Crippen molar-refractivity contribution < 1.29 is 4.79 Å². The van der Waals surface area contributed by atoms with Crippen molar-refractivity contribution in [2.45, 2.75) is 66.8 Å². The summed E-state index contributed by atoms with van der Waals surface area (Å²) in [6, 6.07) is 2.07. The number of aromatic nitrogens is 4. The molecule has 2 aromatic rings. The van der Waals surface area contributed by atoms with Gasteiger partial charge in [-0.2, -0.15) is 5.10 Å². The lowest BCUT2D eigenvalue weighted by Gasteiger charge is -2.32. The Hall–Kier alpha value is -2.28. The van der Waals surface area contributed by atoms with Gasteiger partial charge in [0.25, 0.3) is 5.95 Å². The van der Waals surface area contributed by atoms with Gasteiger partial charge in [0.15, 0.2) is 0 Å². The lowest BCUT2D eigenvalue weighted by Crippen LogP contribution is -2.45. The van der Waals surface area contributed by atoms with Crippen molar-refractivity contribution in [1.82, 2.24) is 30.0 Å². The van der Waals surface area contributed by atoms with Gasteiger partial charge in [-0.1, -0.05) is 6.92 Å². The molecule has 1 amide bonds. The van der Waals surface area contributed by atoms with Gasteiger partial charge in [-0.3, -0.25) is 4.79 Å². The molecule has 1 aliphatic rings. The molecule has 0 aliphatic carbocycles. The summed E-state index contributed by atoms with van der Waals surface area (Å²) in [5.41, 5.74) is 4.52. The van der Waals surface area contributed by atoms with Crippen molar-refractivity contribution >= 4 is 5.91 Å². The molecule has 158 valence electrons. The normalized spacial score (nSPS) is 18.6. The van der Waals surface area contributed by atoms with Crippen LogP contribution in [0.2, 0.25) is 0 Å². The van der Waals surface area contributed by atoms with Crippen molar-refractivity contribution in [2.24, 2.45) is 5.92 Å². The summed E-state index contributed by atoms with van der Waals surface area (Å²) in [5, 5.41) is 7.76. The smallest absolute Gasteiger partial charge is 0.251 e. The van der Waals surface area contributed by atoms with E-state index in [0.29, 0.717) is 12.4 Å². The van der Waals surface area contributed by atoms with Crippen LogP contribution in [0.25, 0.3) is 5.95 Å². The maximum Gasteiger partial charge on any atom is 0.251 e. The highest BCUT2D eigenvalue weighted by Gasteiger charge is 2.21. The molecule has 1 fully saturated rings. The fraction of sp³-hybridized carbons (Fsp3) is 0.636. The van der Waals surface area contributed by atoms with E-state index in [1.807, 2.05) is 33.8 Å². The quantitative estimate of drug-likeness (QED) is 0.810. The van der Waals surface area contributed by atoms with Crippen LogP contribution in [0.15, 0.2) is 6.07 Å². The van der Waals surface area contributed by atoms with E-state index in [4.69, 9.17) is 0 Å². The van der Waals surface area contributed by atoms with E-state index in [0.717, 1.165) is 53.9 Å². The van der Waals surface area contributed by atoms with Crippen LogP contribution in [-0.2, 0) is 11.2 Å². The number of rotatable bonds is 6. The highest BCUT2D eigenvalue weighted by atomic mass is 16.1. The molecule has 0 aromatic carbocycles. The SMILES string of the molecule is Cc1cc(C)nc(-n2nc(C)c(CC(=O)NC(C)CN3CCCC(C)C3)c2C)n1. The molecule has 2 unspecified atom stereocenters. The molecule has 1 aliphatic heterocycles. The first-order valence-electron chi connectivity index (χ1n) is 10.6. The van der Waals surface area contributed by atoms with Gasteiger partial charge in [-0.25, -0.2) is 14.6 Å². The molecular weight excluding hydrogens is 364 g/mol. The Morgan fingerprint density at radius 2 is 1.93 bits per heavy atom. The van der Waals surface area contributed by atoms with Crippen LogP contribution in [-0.4, -0.2) is 56.2 Å². The maximum absolute atomic E-state index is 12.7. The highest BCUT2D eigenvalue weighted by Crippen LogP contribution is 2.18. The lowest BCUT2D eigenvalue weighted by molar-refractivity contribution is -0.121. The van der Waals surface area contributed by atoms with E-state index in [1.54, 1.807) is 4.68 Å². The minimum atomic E-state index is 0.0367. The van der Waals surface area contributed by atoms with Crippen LogP contribution in [0.4, 0.5) is 0 Å². The van der Waals surface area contributed by atoms with Gasteiger partial charge in [-0.15, -0.1) is 0 Å². The molecule has 0 saturated carbocycles. The largest absolute Gasteiger partial charge is 0.352 e. The molecule has 3 heterocycles. The van der Waals surface area contributed by atoms with E-state index < -0.39 is 0 Å². The molecular formula is C22H34N6O. The first-order valence-corrected chi connectivity index (χ1v) is 10.6. The monoisotopic (exact) mass is 398 g/mol. The fourth-order valence-electron chi connectivity index (χ4n) is 4.30. The topological polar surface area (TPSA) is 75.9 Å². The summed E-state index contributed by atoms with van der Waals surface area (Å²) in [6.45, 7) is 15.4. The van der Waals surface area contributed by atoms with Crippen molar-refractivity contribution in [1.29, 1.82) is 0 Å². The highest BCUT2D eigenvalue weighted by molar-refractivity contribution is 5.79. The van der Waals surface area contributed by atoms with Gasteiger partial charge in [0, 0.05) is 41.8 Å². The van der Waals surface area contributed by atoms with Gasteiger partial charge >= 0.3 is 0 Å². The summed E-state index contributed by atoms with van der Waals surface area (Å²) in [5.74, 6) is 1.34. The van der Waals surface area contributed by atoms with Crippen LogP contribution in [0.1, 0.15) is 55.0 Å². The molecule has 2 aromatic heterocycles. The van der Waals surface area contributed by atoms with Gasteiger partial charge in [0.2, 0.25) is 5.91 Å². The molecule has 7 nitrogen and oxygen atoms in total. The summed E-state index contributed by atoms with van der Waals surface area (Å²) in [4.78, 5) is 24.2. The number of aryl methyl sites for hydroxylation is 3. The van der Waals surface area contributed by atoms with Crippen molar-refractivity contribution in [3.63, 3.8) is 0 Å². The molecule has 1 N–H and O–H groups in total. The molecule has 7 heteroatoms. The second-order valence-electron chi connectivity index (χ2n) is 8.66. The second-order valence-corrected chi connectivity index (χ2v) is 8.66. The molecule has 0 spiro atoms. The minimum absolute atomic E-state index is 0.0367. The van der Waals surface area contributed by atoms with Gasteiger partial charge in [-0.05, 0) is 66.0 Å². The summed E-state index contributed by atoms with van der Waals surface area (Å²) >= 11 is 0. The molecule has 2 atom stereocenters. The Morgan fingerprint density at radius 1 is 1.24 bits per heavy atom. The maximum atomic E-state index is 12.7. The van der Waals surface area contributed by atoms with Gasteiger partial charge in [0.1, 0.15) is 0 Å². The van der Waals surface area contributed by atoms with Crippen molar-refractivity contribution in [3.8, 4) is 5.95 Å². The van der Waals surface area contributed by atoms with E-state index >= 15 is 0 Å². The predicted octanol–water partition coefficient (Wildman–Crippen LogP) is 2.68. The second kappa shape index (κ2) is 9.03. The lowest BCUT2D eigenvalue weighted by atomic mass is 10.00. The first kappa shape index (κ1) is 21.4. The molecule has 29 heavy (non-hydrogen) atoms. The Balaban J connectivity index is 1.65. The van der Waals surface area contributed by atoms with E-state index in [9.17, 15) is 4.79 Å². The third-order valence-electron chi connectivity index (χ3n) is 5.62. The zero-order chi connectivity index (χ0) is 21.1. The van der Waals surface area contributed by atoms with Crippen LogP contribution in [0.3, 0.4) is 0 Å². The molecule has 0 radical (unpaired) electrons. The number of likely N-dealkylation sites (tertiary alicyclic amines) is 1. The van der Waals surface area contributed by atoms with E-state index in [1.165, 1.54) is 12.8 Å². The standard InChI is InChI=1S/C22H34N6O/c1-14-8-7-9-27(12-14)13-17(4)23-21(29)11-20-18(5)26-28(19(20)6)22-24-15(2)10-16(3)25-22/h10,14,17H,7-9,11-13H2,1-6H3,(H,23,29). The molecule has 0 bridgehead atoms. The number of piperidine rings is 1. The van der Waals surface area contributed by atoms with Gasteiger partial charge < -0.3 is 10.2 Å². The zero-order valence-electron chi connectivity index (χ0n) is 18.6. The van der Waals surface area contributed by atoms with Crippen LogP contribution in [0, 0.1) is 33.6 Å². The minimum Gasteiger partial charge on any atom is -0.352 e. The van der Waals surface area contributed by atoms with Gasteiger partial charge in [0.05, 0.1) is 12.1 Å². The van der Waals surface area contributed by atoms with Crippen molar-refractivity contribution in [2.75, 3.05) is 19.6 Å². The zero-order valence-corrected chi connectivity index (χ0v) is 18.6. The number of carbonyl (C=O) groups excluding carboxylic acids is 1. The average molecular weight is 399 g/mol. The molecule has 3 rings (SSSR count). The number of hydrogen-bond acceptors (Lipinski definition) is 5. The summed E-state index contributed by atoms with van der Waals surface area (Å²) < 4.78 is 1.75. The number of carbonyl (C=O) groups is 1. The number of nitrogens with one attached hydrogen (secondary N) is 1. The summed E-state index contributed by atoms with van der Waals surface area (Å²) in [6.07, 6.45) is 2.88. The van der Waals surface area contributed by atoms with Crippen LogP contribution < -0.4 is 5.32 Å².